The van der Waals surface area contributed by atoms with Gasteiger partial charge in [-0.05, 0) is 67.8 Å². The molecular formula is C25H28N2O4. The van der Waals surface area contributed by atoms with Crippen LogP contribution >= 0.6 is 0 Å². The van der Waals surface area contributed by atoms with E-state index in [1.165, 1.54) is 6.08 Å². The van der Waals surface area contributed by atoms with Crippen molar-refractivity contribution in [2.24, 2.45) is 0 Å². The number of benzene rings is 2. The Balaban J connectivity index is 2.37. The van der Waals surface area contributed by atoms with E-state index in [4.69, 9.17) is 14.2 Å². The zero-order chi connectivity index (χ0) is 22.6. The third kappa shape index (κ3) is 6.65. The van der Waals surface area contributed by atoms with Crippen LogP contribution < -0.4 is 19.5 Å². The van der Waals surface area contributed by atoms with E-state index in [-0.39, 0.29) is 5.57 Å². The van der Waals surface area contributed by atoms with Gasteiger partial charge in [-0.3, -0.25) is 4.79 Å². The number of anilines is 1. The van der Waals surface area contributed by atoms with E-state index in [1.807, 2.05) is 26.0 Å². The van der Waals surface area contributed by atoms with Crippen molar-refractivity contribution in [3.05, 3.63) is 65.8 Å². The molecule has 0 bridgehead atoms. The molecule has 0 saturated heterocycles. The minimum atomic E-state index is -0.498. The van der Waals surface area contributed by atoms with Crippen molar-refractivity contribution in [2.75, 3.05) is 25.6 Å². The Morgan fingerprint density at radius 3 is 2.52 bits per heavy atom. The molecule has 0 radical (unpaired) electrons. The molecule has 0 fully saturated rings. The minimum Gasteiger partial charge on any atom is -0.497 e. The number of amides is 1. The molecule has 0 aliphatic rings. The van der Waals surface area contributed by atoms with Crippen molar-refractivity contribution in [2.45, 2.75) is 26.7 Å². The summed E-state index contributed by atoms with van der Waals surface area (Å²) in [6.07, 6.45) is 4.75. The van der Waals surface area contributed by atoms with Gasteiger partial charge in [0.15, 0.2) is 11.5 Å². The lowest BCUT2D eigenvalue weighted by Gasteiger charge is -2.16. The van der Waals surface area contributed by atoms with Gasteiger partial charge in [0, 0.05) is 11.3 Å². The molecule has 0 aliphatic heterocycles. The monoisotopic (exact) mass is 420 g/mol. The van der Waals surface area contributed by atoms with Crippen molar-refractivity contribution in [1.29, 1.82) is 5.26 Å². The van der Waals surface area contributed by atoms with Crippen LogP contribution in [-0.4, -0.2) is 26.2 Å². The van der Waals surface area contributed by atoms with Gasteiger partial charge in [-0.1, -0.05) is 13.0 Å². The quantitative estimate of drug-likeness (QED) is 0.309. The summed E-state index contributed by atoms with van der Waals surface area (Å²) in [7, 11) is 1.57. The van der Waals surface area contributed by atoms with E-state index in [0.717, 1.165) is 12.0 Å². The minimum absolute atomic E-state index is 0.0231. The number of rotatable bonds is 11. The molecule has 2 aromatic rings. The van der Waals surface area contributed by atoms with Crippen LogP contribution in [0.4, 0.5) is 5.69 Å². The molecule has 162 valence electrons. The summed E-state index contributed by atoms with van der Waals surface area (Å²) in [5, 5.41) is 12.3. The molecule has 31 heavy (non-hydrogen) atoms. The highest BCUT2D eigenvalue weighted by molar-refractivity contribution is 6.09. The van der Waals surface area contributed by atoms with Crippen molar-refractivity contribution < 1.29 is 19.0 Å². The van der Waals surface area contributed by atoms with Crippen LogP contribution in [0.5, 0.6) is 17.2 Å². The van der Waals surface area contributed by atoms with Gasteiger partial charge in [0.2, 0.25) is 0 Å². The fourth-order valence-corrected chi connectivity index (χ4v) is 2.89. The Kier molecular flexibility index (Phi) is 9.18. The summed E-state index contributed by atoms with van der Waals surface area (Å²) in [5.41, 5.74) is 2.10. The molecule has 1 N–H and O–H groups in total. The Hall–Kier alpha value is -3.72. The summed E-state index contributed by atoms with van der Waals surface area (Å²) in [5.74, 6) is 1.43. The van der Waals surface area contributed by atoms with E-state index in [0.29, 0.717) is 48.1 Å². The molecule has 0 spiro atoms. The molecule has 0 heterocycles. The average Bonchev–Trinajstić information content (AvgIpc) is 2.77. The first-order chi connectivity index (χ1) is 15.1. The first-order valence-corrected chi connectivity index (χ1v) is 10.2. The van der Waals surface area contributed by atoms with Gasteiger partial charge in [0.05, 0.1) is 20.3 Å². The third-order valence-electron chi connectivity index (χ3n) is 4.29. The number of carbonyl (C=O) groups is 1. The topological polar surface area (TPSA) is 80.6 Å². The predicted molar refractivity (Wildman–Crippen MR) is 123 cm³/mol. The van der Waals surface area contributed by atoms with Crippen LogP contribution in [0.1, 0.15) is 31.4 Å². The van der Waals surface area contributed by atoms with E-state index in [1.54, 1.807) is 43.5 Å². The van der Waals surface area contributed by atoms with E-state index >= 15 is 0 Å². The van der Waals surface area contributed by atoms with E-state index < -0.39 is 5.91 Å². The first-order valence-electron chi connectivity index (χ1n) is 10.2. The zero-order valence-electron chi connectivity index (χ0n) is 18.2. The highest BCUT2D eigenvalue weighted by atomic mass is 16.5. The van der Waals surface area contributed by atoms with Gasteiger partial charge in [0.1, 0.15) is 17.4 Å². The second kappa shape index (κ2) is 12.1. The van der Waals surface area contributed by atoms with Gasteiger partial charge in [-0.15, -0.1) is 6.58 Å². The average molecular weight is 421 g/mol. The summed E-state index contributed by atoms with van der Waals surface area (Å²) >= 11 is 0. The molecule has 1 amide bonds. The zero-order valence-corrected chi connectivity index (χ0v) is 18.2. The number of carbonyl (C=O) groups excluding carboxylic acids is 1. The maximum atomic E-state index is 12.6. The van der Waals surface area contributed by atoms with Crippen molar-refractivity contribution >= 4 is 17.7 Å². The highest BCUT2D eigenvalue weighted by Gasteiger charge is 2.15. The second-order valence-corrected chi connectivity index (χ2v) is 6.63. The molecule has 2 aromatic carbocycles. The van der Waals surface area contributed by atoms with Gasteiger partial charge < -0.3 is 19.5 Å². The van der Waals surface area contributed by atoms with Crippen LogP contribution in [-0.2, 0) is 11.2 Å². The van der Waals surface area contributed by atoms with Gasteiger partial charge in [0.25, 0.3) is 5.91 Å². The lowest BCUT2D eigenvalue weighted by Crippen LogP contribution is -2.13. The number of nitrogens with one attached hydrogen (secondary N) is 1. The maximum absolute atomic E-state index is 12.6. The molecule has 6 heteroatoms. The van der Waals surface area contributed by atoms with Gasteiger partial charge in [-0.25, -0.2) is 0 Å². The number of nitrogens with zero attached hydrogens (tertiary/aromatic N) is 1. The number of hydrogen-bond donors (Lipinski definition) is 1. The van der Waals surface area contributed by atoms with Gasteiger partial charge >= 0.3 is 0 Å². The molecule has 0 saturated carbocycles. The number of methoxy groups -OCH3 is 1. The van der Waals surface area contributed by atoms with Gasteiger partial charge in [-0.2, -0.15) is 5.26 Å². The Morgan fingerprint density at radius 1 is 1.19 bits per heavy atom. The van der Waals surface area contributed by atoms with Crippen LogP contribution in [0.25, 0.3) is 6.08 Å². The van der Waals surface area contributed by atoms with Crippen molar-refractivity contribution in [1.82, 2.24) is 0 Å². The number of allylic oxidation sites excluding steroid dienone is 1. The van der Waals surface area contributed by atoms with E-state index in [9.17, 15) is 10.1 Å². The SMILES string of the molecule is C=CCc1cc(/C=C(\C#N)C(=O)Nc2ccc(OC)cc2)cc(OCC)c1OCCC. The van der Waals surface area contributed by atoms with Crippen LogP contribution in [0, 0.1) is 11.3 Å². The standard InChI is InChI=1S/C25H28N2O4/c1-5-8-19-14-18(16-23(30-7-3)24(19)31-13-6-2)15-20(17-26)25(28)27-21-9-11-22(29-4)12-10-21/h5,9-12,14-16H,1,6-8,13H2,2-4H3,(H,27,28)/b20-15+. The molecule has 0 aliphatic carbocycles. The molecular weight excluding hydrogens is 392 g/mol. The number of ether oxygens (including phenoxy) is 3. The fraction of sp³-hybridized carbons (Fsp3) is 0.280. The molecule has 0 unspecified atom stereocenters. The first kappa shape index (κ1) is 23.6. The highest BCUT2D eigenvalue weighted by Crippen LogP contribution is 2.35. The maximum Gasteiger partial charge on any atom is 0.266 e. The van der Waals surface area contributed by atoms with Crippen LogP contribution in [0.2, 0.25) is 0 Å². The Bertz CT molecular complexity index is 972. The smallest absolute Gasteiger partial charge is 0.266 e. The lowest BCUT2D eigenvalue weighted by molar-refractivity contribution is -0.112. The number of nitriles is 1. The van der Waals surface area contributed by atoms with Crippen LogP contribution in [0.3, 0.4) is 0 Å². The summed E-state index contributed by atoms with van der Waals surface area (Å²) in [4.78, 5) is 12.6. The predicted octanol–water partition coefficient (Wildman–Crippen LogP) is 5.16. The summed E-state index contributed by atoms with van der Waals surface area (Å²) in [6.45, 7) is 8.76. The molecule has 0 aromatic heterocycles. The van der Waals surface area contributed by atoms with Crippen molar-refractivity contribution in [3.8, 4) is 23.3 Å². The molecule has 0 atom stereocenters. The van der Waals surface area contributed by atoms with E-state index in [2.05, 4.69) is 11.9 Å². The molecule has 2 rings (SSSR count). The largest absolute Gasteiger partial charge is 0.497 e. The Labute approximate surface area is 183 Å². The molecule has 6 nitrogen and oxygen atoms in total. The third-order valence-corrected chi connectivity index (χ3v) is 4.29. The fourth-order valence-electron chi connectivity index (χ4n) is 2.89. The normalized spacial score (nSPS) is 10.7. The van der Waals surface area contributed by atoms with Crippen molar-refractivity contribution in [3.63, 3.8) is 0 Å². The second-order valence-electron chi connectivity index (χ2n) is 6.63. The summed E-state index contributed by atoms with van der Waals surface area (Å²) in [6, 6.07) is 12.5. The summed E-state index contributed by atoms with van der Waals surface area (Å²) < 4.78 is 16.8. The lowest BCUT2D eigenvalue weighted by atomic mass is 10.0. The Morgan fingerprint density at radius 2 is 1.94 bits per heavy atom. The van der Waals surface area contributed by atoms with Crippen LogP contribution in [0.15, 0.2) is 54.6 Å². The number of hydrogen-bond acceptors (Lipinski definition) is 5.